The highest BCUT2D eigenvalue weighted by Gasteiger charge is 2.28. The van der Waals surface area contributed by atoms with Crippen molar-refractivity contribution in [2.24, 2.45) is 5.92 Å². The number of hydrogen-bond donors (Lipinski definition) is 1. The summed E-state index contributed by atoms with van der Waals surface area (Å²) in [7, 11) is 0. The van der Waals surface area contributed by atoms with E-state index in [-0.39, 0.29) is 17.9 Å². The number of rotatable bonds is 3. The normalized spacial score (nSPS) is 15.5. The van der Waals surface area contributed by atoms with Gasteiger partial charge < -0.3 is 15.0 Å². The number of halogens is 1. The number of piperidine rings is 1. The van der Waals surface area contributed by atoms with Gasteiger partial charge >= 0.3 is 12.0 Å². The van der Waals surface area contributed by atoms with Crippen molar-refractivity contribution in [1.82, 2.24) is 4.90 Å². The van der Waals surface area contributed by atoms with E-state index >= 15 is 0 Å². The fourth-order valence-corrected chi connectivity index (χ4v) is 2.77. The third-order valence-corrected chi connectivity index (χ3v) is 4.07. The molecule has 22 heavy (non-hydrogen) atoms. The largest absolute Gasteiger partial charge is 0.466 e. The second-order valence-corrected chi connectivity index (χ2v) is 5.84. The van der Waals surface area contributed by atoms with Crippen LogP contribution in [0, 0.1) is 12.8 Å². The number of aryl methyl sites for hydroxylation is 1. The smallest absolute Gasteiger partial charge is 0.321 e. The molecule has 1 fully saturated rings. The van der Waals surface area contributed by atoms with Crippen LogP contribution in [0.4, 0.5) is 10.5 Å². The van der Waals surface area contributed by atoms with Crippen molar-refractivity contribution in [3.63, 3.8) is 0 Å². The number of carbonyl (C=O) groups excluding carboxylic acids is 2. The lowest BCUT2D eigenvalue weighted by Gasteiger charge is -2.31. The molecule has 0 aromatic heterocycles. The predicted octanol–water partition coefficient (Wildman–Crippen LogP) is 3.46. The number of likely N-dealkylation sites (tertiary alicyclic amines) is 1. The molecule has 2 rings (SSSR count). The fraction of sp³-hybridized carbons (Fsp3) is 0.500. The minimum atomic E-state index is -0.156. The summed E-state index contributed by atoms with van der Waals surface area (Å²) in [6.45, 7) is 5.21. The molecule has 6 heteroatoms. The van der Waals surface area contributed by atoms with E-state index < -0.39 is 0 Å². The Labute approximate surface area is 135 Å². The standard InChI is InChI=1S/C16H21ClN2O3/c1-3-22-15(20)12-6-8-19(9-7-12)16(21)18-14-5-4-13(17)10-11(14)2/h4-5,10,12H,3,6-9H2,1-2H3,(H,18,21). The maximum atomic E-state index is 12.3. The predicted molar refractivity (Wildman–Crippen MR) is 86.1 cm³/mol. The summed E-state index contributed by atoms with van der Waals surface area (Å²) >= 11 is 5.91. The first-order valence-corrected chi connectivity index (χ1v) is 7.87. The minimum absolute atomic E-state index is 0.0960. The van der Waals surface area contributed by atoms with Crippen molar-refractivity contribution in [2.45, 2.75) is 26.7 Å². The van der Waals surface area contributed by atoms with Crippen molar-refractivity contribution >= 4 is 29.3 Å². The van der Waals surface area contributed by atoms with Gasteiger partial charge in [-0.1, -0.05) is 11.6 Å². The van der Waals surface area contributed by atoms with E-state index in [1.165, 1.54) is 0 Å². The highest BCUT2D eigenvalue weighted by atomic mass is 35.5. The van der Waals surface area contributed by atoms with Gasteiger partial charge in [-0.15, -0.1) is 0 Å². The molecular formula is C16H21ClN2O3. The zero-order valence-electron chi connectivity index (χ0n) is 12.9. The third kappa shape index (κ3) is 4.13. The number of anilines is 1. The second-order valence-electron chi connectivity index (χ2n) is 5.40. The first-order chi connectivity index (χ1) is 10.5. The van der Waals surface area contributed by atoms with Crippen LogP contribution in [-0.2, 0) is 9.53 Å². The molecule has 0 spiro atoms. The molecule has 1 aliphatic heterocycles. The number of nitrogens with one attached hydrogen (secondary N) is 1. The lowest BCUT2D eigenvalue weighted by atomic mass is 9.97. The fourth-order valence-electron chi connectivity index (χ4n) is 2.54. The van der Waals surface area contributed by atoms with Crippen LogP contribution in [0.15, 0.2) is 18.2 Å². The minimum Gasteiger partial charge on any atom is -0.466 e. The van der Waals surface area contributed by atoms with E-state index in [0.29, 0.717) is 37.6 Å². The Bertz CT molecular complexity index is 554. The van der Waals surface area contributed by atoms with Crippen LogP contribution in [0.3, 0.4) is 0 Å². The van der Waals surface area contributed by atoms with Crippen LogP contribution in [0.25, 0.3) is 0 Å². The van der Waals surface area contributed by atoms with Crippen LogP contribution in [0.5, 0.6) is 0 Å². The Balaban J connectivity index is 1.88. The second kappa shape index (κ2) is 7.49. The van der Waals surface area contributed by atoms with Crippen molar-refractivity contribution in [3.05, 3.63) is 28.8 Å². The lowest BCUT2D eigenvalue weighted by molar-refractivity contribution is -0.149. The van der Waals surface area contributed by atoms with Crippen molar-refractivity contribution in [3.8, 4) is 0 Å². The summed E-state index contributed by atoms with van der Waals surface area (Å²) < 4.78 is 5.03. The Morgan fingerprint density at radius 3 is 2.64 bits per heavy atom. The number of benzene rings is 1. The number of nitrogens with zero attached hydrogens (tertiary/aromatic N) is 1. The molecule has 0 aliphatic carbocycles. The number of esters is 1. The quantitative estimate of drug-likeness (QED) is 0.866. The van der Waals surface area contributed by atoms with Gasteiger partial charge in [0.05, 0.1) is 12.5 Å². The lowest BCUT2D eigenvalue weighted by Crippen LogP contribution is -2.42. The zero-order valence-corrected chi connectivity index (χ0v) is 13.7. The summed E-state index contributed by atoms with van der Waals surface area (Å²) in [5, 5.41) is 3.53. The maximum absolute atomic E-state index is 12.3. The highest BCUT2D eigenvalue weighted by molar-refractivity contribution is 6.30. The SMILES string of the molecule is CCOC(=O)C1CCN(C(=O)Nc2ccc(Cl)cc2C)CC1. The maximum Gasteiger partial charge on any atom is 0.321 e. The summed E-state index contributed by atoms with van der Waals surface area (Å²) in [4.78, 5) is 25.7. The van der Waals surface area contributed by atoms with Crippen LogP contribution in [-0.4, -0.2) is 36.6 Å². The van der Waals surface area contributed by atoms with E-state index in [1.54, 1.807) is 24.0 Å². The van der Waals surface area contributed by atoms with Crippen LogP contribution in [0.1, 0.15) is 25.3 Å². The van der Waals surface area contributed by atoms with Gasteiger partial charge in [0.15, 0.2) is 0 Å². The van der Waals surface area contributed by atoms with Gasteiger partial charge in [0.1, 0.15) is 0 Å². The number of amides is 2. The summed E-state index contributed by atoms with van der Waals surface area (Å²) in [6, 6.07) is 5.20. The number of hydrogen-bond acceptors (Lipinski definition) is 3. The van der Waals surface area contributed by atoms with Gasteiger partial charge in [-0.25, -0.2) is 4.79 Å². The molecule has 0 bridgehead atoms. The summed E-state index contributed by atoms with van der Waals surface area (Å²) in [6.07, 6.45) is 1.29. The molecule has 0 saturated carbocycles. The Morgan fingerprint density at radius 2 is 2.05 bits per heavy atom. The Hall–Kier alpha value is -1.75. The Morgan fingerprint density at radius 1 is 1.36 bits per heavy atom. The van der Waals surface area contributed by atoms with E-state index in [4.69, 9.17) is 16.3 Å². The number of carbonyl (C=O) groups is 2. The molecule has 1 heterocycles. The zero-order chi connectivity index (χ0) is 16.1. The van der Waals surface area contributed by atoms with Crippen LogP contribution >= 0.6 is 11.6 Å². The molecule has 0 radical (unpaired) electrons. The summed E-state index contributed by atoms with van der Waals surface area (Å²) in [5.74, 6) is -0.252. The van der Waals surface area contributed by atoms with Gasteiger partial charge in [-0.2, -0.15) is 0 Å². The van der Waals surface area contributed by atoms with Gasteiger partial charge in [-0.3, -0.25) is 4.79 Å². The molecule has 5 nitrogen and oxygen atoms in total. The van der Waals surface area contributed by atoms with Gasteiger partial charge in [-0.05, 0) is 50.5 Å². The van der Waals surface area contributed by atoms with Gasteiger partial charge in [0, 0.05) is 23.8 Å². The van der Waals surface area contributed by atoms with Crippen LogP contribution < -0.4 is 5.32 Å². The van der Waals surface area contributed by atoms with Crippen molar-refractivity contribution in [1.29, 1.82) is 0 Å². The molecule has 1 aromatic carbocycles. The number of urea groups is 1. The molecule has 1 aliphatic rings. The molecule has 1 N–H and O–H groups in total. The first-order valence-electron chi connectivity index (χ1n) is 7.50. The summed E-state index contributed by atoms with van der Waals surface area (Å²) in [5.41, 5.74) is 1.67. The highest BCUT2D eigenvalue weighted by Crippen LogP contribution is 2.22. The molecular weight excluding hydrogens is 304 g/mol. The van der Waals surface area contributed by atoms with E-state index in [1.807, 2.05) is 13.0 Å². The third-order valence-electron chi connectivity index (χ3n) is 3.83. The van der Waals surface area contributed by atoms with E-state index in [9.17, 15) is 9.59 Å². The number of ether oxygens (including phenoxy) is 1. The molecule has 0 atom stereocenters. The van der Waals surface area contributed by atoms with E-state index in [2.05, 4.69) is 5.32 Å². The van der Waals surface area contributed by atoms with Gasteiger partial charge in [0.2, 0.25) is 0 Å². The monoisotopic (exact) mass is 324 g/mol. The van der Waals surface area contributed by atoms with Crippen molar-refractivity contribution in [2.75, 3.05) is 25.0 Å². The molecule has 1 saturated heterocycles. The first kappa shape index (κ1) is 16.6. The molecule has 2 amide bonds. The Kier molecular flexibility index (Phi) is 5.66. The average molecular weight is 325 g/mol. The van der Waals surface area contributed by atoms with E-state index in [0.717, 1.165) is 11.3 Å². The van der Waals surface area contributed by atoms with Crippen LogP contribution in [0.2, 0.25) is 5.02 Å². The molecule has 0 unspecified atom stereocenters. The average Bonchev–Trinajstić information content (AvgIpc) is 2.50. The molecule has 1 aromatic rings. The topological polar surface area (TPSA) is 58.6 Å². The van der Waals surface area contributed by atoms with Gasteiger partial charge in [0.25, 0.3) is 0 Å². The molecule has 120 valence electrons. The van der Waals surface area contributed by atoms with Crippen molar-refractivity contribution < 1.29 is 14.3 Å².